The van der Waals surface area contributed by atoms with Gasteiger partial charge in [-0.1, -0.05) is 149 Å². The van der Waals surface area contributed by atoms with Gasteiger partial charge in [-0.3, -0.25) is 0 Å². The number of aromatic nitrogens is 2. The third kappa shape index (κ3) is 5.92. The minimum atomic E-state index is -0.0336. The average molecular weight is 825 g/mol. The molecule has 2 aliphatic heterocycles. The first-order valence-corrected chi connectivity index (χ1v) is 23.4. The second-order valence-corrected chi connectivity index (χ2v) is 23.5. The molecule has 0 spiro atoms. The van der Waals surface area contributed by atoms with E-state index in [9.17, 15) is 0 Å². The predicted molar refractivity (Wildman–Crippen MR) is 271 cm³/mol. The van der Waals surface area contributed by atoms with Crippen LogP contribution in [0.3, 0.4) is 0 Å². The smallest absolute Gasteiger partial charge is 0.252 e. The van der Waals surface area contributed by atoms with E-state index in [1.54, 1.807) is 0 Å². The molecule has 4 heterocycles. The summed E-state index contributed by atoms with van der Waals surface area (Å²) in [5.74, 6) is 0. The van der Waals surface area contributed by atoms with Crippen molar-refractivity contribution in [1.29, 1.82) is 0 Å². The zero-order chi connectivity index (χ0) is 43.4. The van der Waals surface area contributed by atoms with Crippen LogP contribution in [0.15, 0.2) is 137 Å². The van der Waals surface area contributed by atoms with Crippen LogP contribution in [-0.2, 0) is 21.7 Å². The minimum Gasteiger partial charge on any atom is -0.310 e. The SMILES string of the molecule is CC(C)(C)c1ccc2c(c1)c1cc(C(C)(C)C)cc3c1n2-c1cc(-c2ccc(Sc4ccccc4)cc2)cc2c1B3c1cc(C(C)(C)C)cc3c4cc(C(C)(C)C)ccc4n-2c13. The Hall–Kier alpha value is -5.45. The summed E-state index contributed by atoms with van der Waals surface area (Å²) in [4.78, 5) is 2.49. The molecule has 11 rings (SSSR count). The molecule has 2 aromatic heterocycles. The number of hydrogen-bond donors (Lipinski definition) is 0. The Morgan fingerprint density at radius 1 is 0.387 bits per heavy atom. The first kappa shape index (κ1) is 39.4. The fraction of sp³-hybridized carbons (Fsp3) is 0.276. The lowest BCUT2D eigenvalue weighted by Crippen LogP contribution is -2.59. The summed E-state index contributed by atoms with van der Waals surface area (Å²) in [6.45, 7) is 28.4. The van der Waals surface area contributed by atoms with Gasteiger partial charge < -0.3 is 9.13 Å². The first-order valence-electron chi connectivity index (χ1n) is 22.5. The van der Waals surface area contributed by atoms with Gasteiger partial charge in [-0.15, -0.1) is 0 Å². The van der Waals surface area contributed by atoms with Gasteiger partial charge in [-0.05, 0) is 144 Å². The molecule has 7 aromatic carbocycles. The monoisotopic (exact) mass is 824 g/mol. The van der Waals surface area contributed by atoms with Crippen LogP contribution in [0.25, 0.3) is 66.1 Å². The van der Waals surface area contributed by atoms with Gasteiger partial charge >= 0.3 is 0 Å². The van der Waals surface area contributed by atoms with Gasteiger partial charge in [0.05, 0.1) is 11.0 Å². The lowest BCUT2D eigenvalue weighted by Gasteiger charge is -2.36. The molecule has 2 aliphatic rings. The molecule has 308 valence electrons. The molecule has 0 saturated carbocycles. The molecule has 0 fully saturated rings. The molecule has 0 saturated heterocycles. The van der Waals surface area contributed by atoms with Crippen LogP contribution in [0.5, 0.6) is 0 Å². The van der Waals surface area contributed by atoms with Gasteiger partial charge in [-0.2, -0.15) is 0 Å². The Morgan fingerprint density at radius 3 is 1.24 bits per heavy atom. The molecule has 0 bridgehead atoms. The number of benzene rings is 7. The van der Waals surface area contributed by atoms with Crippen molar-refractivity contribution in [3.05, 3.63) is 150 Å². The third-order valence-electron chi connectivity index (χ3n) is 13.9. The first-order chi connectivity index (χ1) is 29.3. The molecule has 4 heteroatoms. The summed E-state index contributed by atoms with van der Waals surface area (Å²) in [5, 5.41) is 5.40. The van der Waals surface area contributed by atoms with E-state index in [0.717, 1.165) is 0 Å². The molecular formula is C58H57BN2S. The van der Waals surface area contributed by atoms with Gasteiger partial charge in [0.15, 0.2) is 0 Å². The van der Waals surface area contributed by atoms with E-state index < -0.39 is 0 Å². The Balaban J connectivity index is 1.29. The van der Waals surface area contributed by atoms with Crippen molar-refractivity contribution < 1.29 is 0 Å². The summed E-state index contributed by atoms with van der Waals surface area (Å²) in [6.07, 6.45) is 0. The van der Waals surface area contributed by atoms with Gasteiger partial charge in [0.1, 0.15) is 0 Å². The van der Waals surface area contributed by atoms with Crippen LogP contribution < -0.4 is 16.4 Å². The van der Waals surface area contributed by atoms with Crippen molar-refractivity contribution in [2.24, 2.45) is 0 Å². The molecule has 62 heavy (non-hydrogen) atoms. The number of nitrogens with zero attached hydrogens (tertiary/aromatic N) is 2. The van der Waals surface area contributed by atoms with E-state index in [0.29, 0.717) is 0 Å². The van der Waals surface area contributed by atoms with Crippen molar-refractivity contribution in [2.75, 3.05) is 0 Å². The maximum Gasteiger partial charge on any atom is 0.252 e. The highest BCUT2D eigenvalue weighted by atomic mass is 32.2. The molecule has 0 atom stereocenters. The summed E-state index contributed by atoms with van der Waals surface area (Å²) in [7, 11) is 0. The quantitative estimate of drug-likeness (QED) is 0.161. The van der Waals surface area contributed by atoms with E-state index in [-0.39, 0.29) is 28.4 Å². The largest absolute Gasteiger partial charge is 0.310 e. The maximum absolute atomic E-state index is 2.65. The summed E-state index contributed by atoms with van der Waals surface area (Å²) >= 11 is 1.82. The lowest BCUT2D eigenvalue weighted by atomic mass is 9.34. The molecule has 0 radical (unpaired) electrons. The zero-order valence-electron chi connectivity index (χ0n) is 38.5. The predicted octanol–water partition coefficient (Wildman–Crippen LogP) is 14.0. The second kappa shape index (κ2) is 13.1. The van der Waals surface area contributed by atoms with Gasteiger partial charge in [-0.25, -0.2) is 0 Å². The maximum atomic E-state index is 2.65. The number of rotatable bonds is 3. The fourth-order valence-electron chi connectivity index (χ4n) is 10.4. The van der Waals surface area contributed by atoms with Crippen molar-refractivity contribution in [3.8, 4) is 22.5 Å². The highest BCUT2D eigenvalue weighted by Gasteiger charge is 2.43. The van der Waals surface area contributed by atoms with Crippen LogP contribution >= 0.6 is 11.8 Å². The topological polar surface area (TPSA) is 9.86 Å². The van der Waals surface area contributed by atoms with E-state index in [1.165, 1.54) is 115 Å². The second-order valence-electron chi connectivity index (χ2n) is 22.4. The standard InChI is InChI=1S/C58H57BN2S/c1-55(2,3)36-20-24-48-42(28-36)44-30-38(57(7,8)9)32-46-53(44)60(48)50-26-35(34-18-22-41(23-19-34)62-40-16-14-13-15-17-40)27-51-52(50)59(46)47-33-39(58(10,11)12)31-45-43-29-37(56(4,5)6)21-25-49(43)61(51)54(45)47/h13-33H,1-12H3. The Kier molecular flexibility index (Phi) is 8.30. The molecule has 0 N–H and O–H groups in total. The summed E-state index contributed by atoms with van der Waals surface area (Å²) < 4.78 is 5.30. The molecule has 9 aromatic rings. The summed E-state index contributed by atoms with van der Waals surface area (Å²) in [5.41, 5.74) is 20.0. The highest BCUT2D eigenvalue weighted by molar-refractivity contribution is 7.99. The van der Waals surface area contributed by atoms with Crippen LogP contribution in [-0.4, -0.2) is 15.8 Å². The van der Waals surface area contributed by atoms with E-state index in [4.69, 9.17) is 0 Å². The van der Waals surface area contributed by atoms with E-state index >= 15 is 0 Å². The van der Waals surface area contributed by atoms with Crippen molar-refractivity contribution in [1.82, 2.24) is 9.13 Å². The van der Waals surface area contributed by atoms with Crippen LogP contribution in [0.2, 0.25) is 0 Å². The Labute approximate surface area is 372 Å². The van der Waals surface area contributed by atoms with Gasteiger partial charge in [0.25, 0.3) is 6.71 Å². The van der Waals surface area contributed by atoms with E-state index in [1.807, 2.05) is 11.8 Å². The normalized spacial score (nSPS) is 13.8. The van der Waals surface area contributed by atoms with Crippen molar-refractivity contribution in [3.63, 3.8) is 0 Å². The number of hydrogen-bond acceptors (Lipinski definition) is 1. The fourth-order valence-corrected chi connectivity index (χ4v) is 11.2. The molecule has 0 unspecified atom stereocenters. The van der Waals surface area contributed by atoms with Crippen molar-refractivity contribution >= 4 is 78.5 Å². The van der Waals surface area contributed by atoms with Crippen LogP contribution in [0, 0.1) is 0 Å². The molecule has 0 amide bonds. The van der Waals surface area contributed by atoms with E-state index in [2.05, 4.69) is 220 Å². The minimum absolute atomic E-state index is 0.0262. The van der Waals surface area contributed by atoms with Crippen LogP contribution in [0.1, 0.15) is 105 Å². The van der Waals surface area contributed by atoms with Crippen molar-refractivity contribution in [2.45, 2.75) is 115 Å². The van der Waals surface area contributed by atoms with Crippen LogP contribution in [0.4, 0.5) is 0 Å². The molecular weight excluding hydrogens is 768 g/mol. The Morgan fingerprint density at radius 2 is 0.806 bits per heavy atom. The molecule has 2 nitrogen and oxygen atoms in total. The zero-order valence-corrected chi connectivity index (χ0v) is 39.3. The molecule has 0 aliphatic carbocycles. The summed E-state index contributed by atoms with van der Waals surface area (Å²) in [6, 6.07) is 49.8. The van der Waals surface area contributed by atoms with Gasteiger partial charge in [0, 0.05) is 53.7 Å². The number of fused-ring (bicyclic) bond motifs is 10. The highest BCUT2D eigenvalue weighted by Crippen LogP contribution is 2.44. The third-order valence-corrected chi connectivity index (χ3v) is 15.0. The Bertz CT molecular complexity index is 3150. The lowest BCUT2D eigenvalue weighted by molar-refractivity contribution is 0.590. The van der Waals surface area contributed by atoms with Gasteiger partial charge in [0.2, 0.25) is 0 Å². The average Bonchev–Trinajstić information content (AvgIpc) is 3.73.